The second-order valence-electron chi connectivity index (χ2n) is 8.62. The van der Waals surface area contributed by atoms with Crippen molar-refractivity contribution in [2.45, 2.75) is 117 Å². The van der Waals surface area contributed by atoms with Gasteiger partial charge in [0.2, 0.25) is 5.91 Å². The second kappa shape index (κ2) is 31.5. The zero-order chi connectivity index (χ0) is 28.3. The first-order chi connectivity index (χ1) is 19.3. The molecule has 0 bridgehead atoms. The molecule has 0 radical (unpaired) electrons. The lowest BCUT2D eigenvalue weighted by molar-refractivity contribution is -0.120. The fraction of sp³-hybridized carbons (Fsp3) is 0.486. The molecule has 0 unspecified atom stereocenters. The van der Waals surface area contributed by atoms with Crippen LogP contribution in [-0.4, -0.2) is 5.91 Å². The molecule has 2 nitrogen and oxygen atoms in total. The number of amides is 1. The van der Waals surface area contributed by atoms with Crippen LogP contribution in [0, 0.1) is 107 Å². The summed E-state index contributed by atoms with van der Waals surface area (Å²) in [6, 6.07) is 2.55. The zero-order valence-corrected chi connectivity index (χ0v) is 23.7. The van der Waals surface area contributed by atoms with Crippen molar-refractivity contribution >= 4 is 5.91 Å². The number of carbonyl (C=O) groups excluding carboxylic acids is 1. The highest BCUT2D eigenvalue weighted by Crippen LogP contribution is 2.13. The van der Waals surface area contributed by atoms with Gasteiger partial charge in [0.1, 0.15) is 0 Å². The van der Waals surface area contributed by atoms with Crippen molar-refractivity contribution < 1.29 is 4.79 Å². The maximum Gasteiger partial charge on any atom is 0.231 e. The van der Waals surface area contributed by atoms with Crippen LogP contribution in [0.25, 0.3) is 0 Å². The summed E-state index contributed by atoms with van der Waals surface area (Å²) in [4.78, 5) is 11.8. The molecule has 0 heterocycles. The number of carbonyl (C=O) groups is 1. The largest absolute Gasteiger partial charge is 0.284 e. The smallest absolute Gasteiger partial charge is 0.231 e. The second-order valence-corrected chi connectivity index (χ2v) is 8.62. The Morgan fingerprint density at radius 2 is 0.744 bits per heavy atom. The molecule has 0 spiro atoms. The van der Waals surface area contributed by atoms with Gasteiger partial charge in [-0.05, 0) is 60.7 Å². The highest BCUT2D eigenvalue weighted by atomic mass is 16.1. The van der Waals surface area contributed by atoms with Gasteiger partial charge in [-0.3, -0.25) is 10.1 Å². The van der Waals surface area contributed by atoms with Gasteiger partial charge in [-0.2, -0.15) is 0 Å². The zero-order valence-electron chi connectivity index (χ0n) is 23.7. The van der Waals surface area contributed by atoms with Gasteiger partial charge in [0.25, 0.3) is 0 Å². The average molecular weight is 514 g/mol. The van der Waals surface area contributed by atoms with Crippen molar-refractivity contribution in [3.63, 3.8) is 0 Å². The van der Waals surface area contributed by atoms with Crippen LogP contribution in [0.3, 0.4) is 0 Å². The number of rotatable bonds is 16. The Balaban J connectivity index is 3.77. The molecule has 1 N–H and O–H groups in total. The molecular formula is C37H39NO. The molecule has 0 atom stereocenters. The summed E-state index contributed by atoms with van der Waals surface area (Å²) < 4.78 is 0. The predicted octanol–water partition coefficient (Wildman–Crippen LogP) is 6.37. The Hall–Kier alpha value is -4.49. The lowest BCUT2D eigenvalue weighted by Gasteiger charge is -2.03. The first-order valence-corrected chi connectivity index (χ1v) is 14.0. The van der Waals surface area contributed by atoms with Crippen molar-refractivity contribution in [2.75, 3.05) is 0 Å². The molecule has 0 aromatic rings. The van der Waals surface area contributed by atoms with Crippen LogP contribution in [-0.2, 0) is 4.79 Å². The molecule has 0 saturated heterocycles. The average Bonchev–Trinajstić information content (AvgIpc) is 2.94. The Morgan fingerprint density at radius 1 is 0.436 bits per heavy atom. The van der Waals surface area contributed by atoms with Crippen LogP contribution in [0.15, 0.2) is 0 Å². The van der Waals surface area contributed by atoms with Gasteiger partial charge in [0.15, 0.2) is 0 Å². The highest BCUT2D eigenvalue weighted by Gasteiger charge is 1.99. The summed E-state index contributed by atoms with van der Waals surface area (Å²) in [6.07, 6.45) is 20.1. The molecule has 0 aliphatic carbocycles. The van der Waals surface area contributed by atoms with E-state index in [1.165, 1.54) is 83.5 Å². The molecule has 2 heteroatoms. The molecule has 0 aromatic carbocycles. The van der Waals surface area contributed by atoms with Gasteiger partial charge in [0, 0.05) is 59.8 Å². The van der Waals surface area contributed by atoms with E-state index in [1.54, 1.807) is 6.92 Å². The van der Waals surface area contributed by atoms with E-state index in [1.807, 2.05) is 0 Å². The summed E-state index contributed by atoms with van der Waals surface area (Å²) in [5.74, 6) is 43.2. The highest BCUT2D eigenvalue weighted by molar-refractivity contribution is 5.77. The van der Waals surface area contributed by atoms with Gasteiger partial charge in [-0.1, -0.05) is 103 Å². The summed E-state index contributed by atoms with van der Waals surface area (Å²) in [5.41, 5.74) is 0. The van der Waals surface area contributed by atoms with E-state index < -0.39 is 0 Å². The Kier molecular flexibility index (Phi) is 27.9. The summed E-state index contributed by atoms with van der Waals surface area (Å²) in [5, 5.41) is 2.55. The minimum absolute atomic E-state index is 0.0673. The van der Waals surface area contributed by atoms with Crippen molar-refractivity contribution in [2.24, 2.45) is 0 Å². The Morgan fingerprint density at radius 3 is 1.10 bits per heavy atom. The number of nitrogens with one attached hydrogen (secondary N) is 1. The van der Waals surface area contributed by atoms with Gasteiger partial charge in [-0.25, -0.2) is 0 Å². The standard InChI is InChI=1S/C37H39NO/c1-3-5-7-9-11-13-15-17-19-20-22-24-26-28-30-32-34-36-38-37(39)35-33-31-29-27-25-23-21-18-16-14-12-10-8-6-4-2/h4,6,8,10,12,14,16,18,21,23,25,27,29,31,33,35H2,1-2H3,(H,38,39). The summed E-state index contributed by atoms with van der Waals surface area (Å²) >= 11 is 0. The van der Waals surface area contributed by atoms with Crippen molar-refractivity contribution in [1.29, 1.82) is 0 Å². The topological polar surface area (TPSA) is 29.1 Å². The van der Waals surface area contributed by atoms with E-state index in [0.29, 0.717) is 6.42 Å². The quantitative estimate of drug-likeness (QED) is 0.145. The molecule has 198 valence electrons. The van der Waals surface area contributed by atoms with Gasteiger partial charge >= 0.3 is 0 Å². The molecule has 0 saturated carbocycles. The normalized spacial score (nSPS) is 7.64. The van der Waals surface area contributed by atoms with E-state index in [9.17, 15) is 4.79 Å². The first kappa shape index (κ1) is 34.5. The fourth-order valence-electron chi connectivity index (χ4n) is 3.35. The van der Waals surface area contributed by atoms with Crippen LogP contribution in [0.2, 0.25) is 0 Å². The molecule has 0 fully saturated rings. The van der Waals surface area contributed by atoms with E-state index >= 15 is 0 Å². The van der Waals surface area contributed by atoms with Gasteiger partial charge < -0.3 is 0 Å². The first-order valence-electron chi connectivity index (χ1n) is 14.0. The number of unbranched alkanes of at least 4 members (excludes halogenated alkanes) is 14. The van der Waals surface area contributed by atoms with Crippen LogP contribution in [0.1, 0.15) is 117 Å². The van der Waals surface area contributed by atoms with E-state index in [4.69, 9.17) is 0 Å². The van der Waals surface area contributed by atoms with E-state index in [-0.39, 0.29) is 5.91 Å². The fourth-order valence-corrected chi connectivity index (χ4v) is 3.35. The molecule has 39 heavy (non-hydrogen) atoms. The maximum absolute atomic E-state index is 11.8. The third-order valence-corrected chi connectivity index (χ3v) is 5.33. The van der Waals surface area contributed by atoms with Gasteiger partial charge in [0.05, 0.1) is 0 Å². The molecule has 0 rings (SSSR count). The predicted molar refractivity (Wildman–Crippen MR) is 163 cm³/mol. The van der Waals surface area contributed by atoms with Crippen LogP contribution >= 0.6 is 0 Å². The van der Waals surface area contributed by atoms with Crippen LogP contribution in [0.5, 0.6) is 0 Å². The molecule has 0 aromatic heterocycles. The lowest BCUT2D eigenvalue weighted by atomic mass is 10.0. The SMILES string of the molecule is CC#CC#CC#CC#CC#CC#CC#CC#CC#CNC(=O)CCCCCCCCCCCCCCCCC. The maximum atomic E-state index is 11.8. The van der Waals surface area contributed by atoms with Crippen LogP contribution < -0.4 is 5.32 Å². The van der Waals surface area contributed by atoms with Crippen molar-refractivity contribution in [1.82, 2.24) is 5.32 Å². The Bertz CT molecular complexity index is 1270. The molecule has 0 aliphatic heterocycles. The number of hydrogen-bond donors (Lipinski definition) is 1. The lowest BCUT2D eigenvalue weighted by Crippen LogP contribution is -2.16. The summed E-state index contributed by atoms with van der Waals surface area (Å²) in [6.45, 7) is 3.97. The number of hydrogen-bond acceptors (Lipinski definition) is 1. The minimum Gasteiger partial charge on any atom is -0.284 e. The van der Waals surface area contributed by atoms with Crippen molar-refractivity contribution in [3.05, 3.63) is 0 Å². The third kappa shape index (κ3) is 31.5. The van der Waals surface area contributed by atoms with Crippen molar-refractivity contribution in [3.8, 4) is 107 Å². The molecular weight excluding hydrogens is 474 g/mol. The molecule has 1 amide bonds. The summed E-state index contributed by atoms with van der Waals surface area (Å²) in [7, 11) is 0. The van der Waals surface area contributed by atoms with E-state index in [2.05, 4.69) is 119 Å². The van der Waals surface area contributed by atoms with E-state index in [0.717, 1.165) is 12.8 Å². The van der Waals surface area contributed by atoms with Gasteiger partial charge in [-0.15, -0.1) is 0 Å². The molecule has 0 aliphatic rings. The third-order valence-electron chi connectivity index (χ3n) is 5.33. The Labute approximate surface area is 239 Å². The van der Waals surface area contributed by atoms with Crippen LogP contribution in [0.4, 0.5) is 0 Å². The minimum atomic E-state index is -0.0673. The monoisotopic (exact) mass is 513 g/mol.